The molecule has 7 rings (SSSR count). The molecule has 5 heteroatoms. The van der Waals surface area contributed by atoms with Crippen molar-refractivity contribution >= 4 is 23.5 Å². The lowest BCUT2D eigenvalue weighted by atomic mass is 9.34. The van der Waals surface area contributed by atoms with Crippen molar-refractivity contribution in [2.24, 2.45) is 51.8 Å². The lowest BCUT2D eigenvalue weighted by Crippen LogP contribution is -2.65. The first kappa shape index (κ1) is 23.9. The van der Waals surface area contributed by atoms with Gasteiger partial charge in [0.15, 0.2) is 0 Å². The van der Waals surface area contributed by atoms with E-state index in [4.69, 9.17) is 0 Å². The summed E-state index contributed by atoms with van der Waals surface area (Å²) in [6.45, 7) is 10.7. The molecule has 4 fully saturated rings. The van der Waals surface area contributed by atoms with Gasteiger partial charge in [0.2, 0.25) is 11.8 Å². The summed E-state index contributed by atoms with van der Waals surface area (Å²) < 4.78 is 0. The SMILES string of the molecule is Cc1cccc(N2C(=O)[C@@H]3[C@@H]4C[C@H]5[C@@]6(C)CCC[C@@](C)(C(=O)O)[C@H]6CC[C@]5(C=C4C(C)C)[C@@H]3C2=O)c1. The highest BCUT2D eigenvalue weighted by Crippen LogP contribution is 2.74. The fraction of sp³-hybridized carbons (Fsp3) is 0.645. The Morgan fingerprint density at radius 1 is 1.08 bits per heavy atom. The number of aryl methyl sites for hydroxylation is 1. The van der Waals surface area contributed by atoms with Crippen molar-refractivity contribution in [3.05, 3.63) is 41.5 Å². The molecule has 0 unspecified atom stereocenters. The standard InChI is InChI=1S/C31H39NO4/c1-17(2)21-16-31-13-10-22-29(4,11-7-12-30(22,5)28(35)36)23(31)15-20(21)24-25(31)27(34)32(26(24)33)19-9-6-8-18(3)14-19/h6,8-9,14,16-17,20,22-25H,7,10-13,15H2,1-5H3,(H,35,36)/t20-,22+,23+,24-,25+,29+,30-,31-/m1/s1. The highest BCUT2D eigenvalue weighted by Gasteiger charge is 2.73. The number of carbonyl (C=O) groups is 3. The van der Waals surface area contributed by atoms with Crippen molar-refractivity contribution in [2.45, 2.75) is 73.1 Å². The number of benzene rings is 1. The number of carbonyl (C=O) groups excluding carboxylic acids is 2. The number of hydrogen-bond donors (Lipinski definition) is 1. The first-order valence-corrected chi connectivity index (χ1v) is 13.9. The third-order valence-electron chi connectivity index (χ3n) is 11.4. The number of hydrogen-bond acceptors (Lipinski definition) is 3. The van der Waals surface area contributed by atoms with Gasteiger partial charge in [0, 0.05) is 5.41 Å². The second-order valence-electron chi connectivity index (χ2n) is 13.3. The molecule has 36 heavy (non-hydrogen) atoms. The van der Waals surface area contributed by atoms with Crippen LogP contribution in [-0.4, -0.2) is 22.9 Å². The Kier molecular flexibility index (Phi) is 5.02. The zero-order valence-corrected chi connectivity index (χ0v) is 22.2. The van der Waals surface area contributed by atoms with Crippen molar-refractivity contribution < 1.29 is 19.5 Å². The monoisotopic (exact) mass is 489 g/mol. The van der Waals surface area contributed by atoms with Gasteiger partial charge in [0.25, 0.3) is 0 Å². The van der Waals surface area contributed by atoms with Crippen LogP contribution in [0.15, 0.2) is 35.9 Å². The van der Waals surface area contributed by atoms with E-state index in [1.807, 2.05) is 38.1 Å². The van der Waals surface area contributed by atoms with Crippen molar-refractivity contribution in [1.82, 2.24) is 0 Å². The smallest absolute Gasteiger partial charge is 0.309 e. The van der Waals surface area contributed by atoms with Crippen molar-refractivity contribution in [2.75, 3.05) is 4.90 Å². The Morgan fingerprint density at radius 2 is 1.83 bits per heavy atom. The Labute approximate surface area is 214 Å². The molecule has 1 heterocycles. The third kappa shape index (κ3) is 2.80. The maximum atomic E-state index is 14.3. The van der Waals surface area contributed by atoms with Crippen molar-refractivity contribution in [3.8, 4) is 0 Å². The average molecular weight is 490 g/mol. The van der Waals surface area contributed by atoms with Gasteiger partial charge in [0.05, 0.1) is 22.9 Å². The minimum absolute atomic E-state index is 0.0315. The second kappa shape index (κ2) is 7.55. The molecule has 1 aromatic rings. The summed E-state index contributed by atoms with van der Waals surface area (Å²) in [5.41, 5.74) is 1.83. The predicted molar refractivity (Wildman–Crippen MR) is 138 cm³/mol. The van der Waals surface area contributed by atoms with Crippen LogP contribution in [-0.2, 0) is 14.4 Å². The highest BCUT2D eigenvalue weighted by molar-refractivity contribution is 6.23. The van der Waals surface area contributed by atoms with Gasteiger partial charge in [-0.2, -0.15) is 0 Å². The Morgan fingerprint density at radius 3 is 2.50 bits per heavy atom. The number of allylic oxidation sites excluding steroid dienone is 2. The molecule has 3 saturated carbocycles. The quantitative estimate of drug-likeness (QED) is 0.417. The van der Waals surface area contributed by atoms with Crippen molar-refractivity contribution in [1.29, 1.82) is 0 Å². The second-order valence-corrected chi connectivity index (χ2v) is 13.3. The molecule has 8 atom stereocenters. The zero-order chi connectivity index (χ0) is 25.8. The van der Waals surface area contributed by atoms with Crippen LogP contribution in [0.4, 0.5) is 5.69 Å². The fourth-order valence-corrected chi connectivity index (χ4v) is 9.98. The number of carboxylic acids is 1. The van der Waals surface area contributed by atoms with Crippen LogP contribution < -0.4 is 4.90 Å². The van der Waals surface area contributed by atoms with Gasteiger partial charge in [0.1, 0.15) is 0 Å². The van der Waals surface area contributed by atoms with Gasteiger partial charge in [-0.3, -0.25) is 14.4 Å². The van der Waals surface area contributed by atoms with Crippen LogP contribution in [0.2, 0.25) is 0 Å². The lowest BCUT2D eigenvalue weighted by Gasteiger charge is -2.68. The van der Waals surface area contributed by atoms with Crippen LogP contribution >= 0.6 is 0 Å². The minimum atomic E-state index is -0.724. The molecule has 2 amide bonds. The van der Waals surface area contributed by atoms with Gasteiger partial charge in [-0.15, -0.1) is 0 Å². The van der Waals surface area contributed by atoms with Crippen LogP contribution in [0.3, 0.4) is 0 Å². The van der Waals surface area contributed by atoms with Gasteiger partial charge >= 0.3 is 5.97 Å². The molecular formula is C31H39NO4. The third-order valence-corrected chi connectivity index (χ3v) is 11.4. The first-order valence-electron chi connectivity index (χ1n) is 13.9. The molecule has 1 aromatic carbocycles. The van der Waals surface area contributed by atoms with Crippen molar-refractivity contribution in [3.63, 3.8) is 0 Å². The molecule has 1 N–H and O–H groups in total. The van der Waals surface area contributed by atoms with Crippen LogP contribution in [0.25, 0.3) is 0 Å². The number of fused-ring (bicyclic) bond motifs is 1. The predicted octanol–water partition coefficient (Wildman–Crippen LogP) is 6.01. The van der Waals surface area contributed by atoms with Gasteiger partial charge in [-0.1, -0.05) is 51.0 Å². The summed E-state index contributed by atoms with van der Waals surface area (Å²) in [5.74, 6) is -0.679. The van der Waals surface area contributed by atoms with Crippen LogP contribution in [0.1, 0.15) is 71.8 Å². The number of amides is 2. The summed E-state index contributed by atoms with van der Waals surface area (Å²) >= 11 is 0. The van der Waals surface area contributed by atoms with Crippen LogP contribution in [0.5, 0.6) is 0 Å². The molecule has 0 aromatic heterocycles. The highest BCUT2D eigenvalue weighted by atomic mass is 16.4. The maximum absolute atomic E-state index is 14.3. The van der Waals surface area contributed by atoms with E-state index in [-0.39, 0.29) is 52.2 Å². The average Bonchev–Trinajstić information content (AvgIpc) is 3.10. The molecule has 1 saturated heterocycles. The van der Waals surface area contributed by atoms with Crippen LogP contribution in [0, 0.1) is 58.7 Å². The molecule has 1 aliphatic heterocycles. The number of aliphatic carboxylic acids is 1. The van der Waals surface area contributed by atoms with E-state index in [1.165, 1.54) is 10.5 Å². The van der Waals surface area contributed by atoms with E-state index in [2.05, 4.69) is 26.8 Å². The number of anilines is 1. The molecule has 5 nitrogen and oxygen atoms in total. The molecule has 1 spiro atoms. The molecule has 192 valence electrons. The normalized spacial score (nSPS) is 43.2. The first-order chi connectivity index (χ1) is 17.0. The number of imide groups is 1. The molecule has 6 aliphatic rings. The summed E-state index contributed by atoms with van der Waals surface area (Å²) in [6, 6.07) is 7.73. The van der Waals surface area contributed by atoms with E-state index in [0.29, 0.717) is 11.6 Å². The van der Waals surface area contributed by atoms with E-state index in [1.54, 1.807) is 0 Å². The minimum Gasteiger partial charge on any atom is -0.481 e. The van der Waals surface area contributed by atoms with Gasteiger partial charge in [-0.05, 0) is 92.7 Å². The zero-order valence-electron chi connectivity index (χ0n) is 22.2. The Balaban J connectivity index is 1.50. The van der Waals surface area contributed by atoms with Gasteiger partial charge in [-0.25, -0.2) is 4.90 Å². The summed E-state index contributed by atoms with van der Waals surface area (Å²) in [4.78, 5) is 42.3. The van der Waals surface area contributed by atoms with E-state index in [0.717, 1.165) is 44.1 Å². The van der Waals surface area contributed by atoms with E-state index >= 15 is 0 Å². The summed E-state index contributed by atoms with van der Waals surface area (Å²) in [5, 5.41) is 10.3. The Bertz CT molecular complexity index is 1200. The molecule has 2 bridgehead atoms. The maximum Gasteiger partial charge on any atom is 0.309 e. The molecular weight excluding hydrogens is 450 g/mol. The topological polar surface area (TPSA) is 74.7 Å². The fourth-order valence-electron chi connectivity index (χ4n) is 9.98. The lowest BCUT2D eigenvalue weighted by molar-refractivity contribution is -0.194. The largest absolute Gasteiger partial charge is 0.481 e. The summed E-state index contributed by atoms with van der Waals surface area (Å²) in [6.07, 6.45) is 7.58. The number of rotatable bonds is 3. The van der Waals surface area contributed by atoms with E-state index < -0.39 is 11.4 Å². The van der Waals surface area contributed by atoms with E-state index in [9.17, 15) is 19.5 Å². The summed E-state index contributed by atoms with van der Waals surface area (Å²) in [7, 11) is 0. The Hall–Kier alpha value is -2.43. The molecule has 0 radical (unpaired) electrons. The molecule has 5 aliphatic carbocycles. The number of carboxylic acid groups (broad SMARTS) is 1. The number of nitrogens with zero attached hydrogens (tertiary/aromatic N) is 1. The van der Waals surface area contributed by atoms with Gasteiger partial charge < -0.3 is 5.11 Å².